The molecule has 2 N–H and O–H groups in total. The molecule has 0 aromatic carbocycles. The number of urea groups is 1. The molecular formula is C24H29F3N6O3. The van der Waals surface area contributed by atoms with Crippen LogP contribution in [0.2, 0.25) is 0 Å². The lowest BCUT2D eigenvalue weighted by Gasteiger charge is -2.53. The van der Waals surface area contributed by atoms with Crippen molar-refractivity contribution >= 4 is 23.0 Å². The minimum atomic E-state index is -4.51. The Balaban J connectivity index is 1.01. The number of aromatic amines is 1. The zero-order valence-corrected chi connectivity index (χ0v) is 19.8. The van der Waals surface area contributed by atoms with Crippen molar-refractivity contribution < 1.29 is 27.5 Å². The number of nitrogens with one attached hydrogen (secondary N) is 2. The summed E-state index contributed by atoms with van der Waals surface area (Å²) in [7, 11) is 0. The standard InChI is InChI=1S/C24H29F3N6O3/c25-24(26,27)21-20-16(30-31-21)2-1-15(28-20)9-14-10-23(11-14)4-7-32(8-5-23)22(35)33-6-3-18-17(12-33)29-19(34)13-36-18/h1-2,14,17-18H,3-13H2,(H,29,34)(H,30,31)/t17-,18+/m1/s1. The normalized spacial score (nSPS) is 26.6. The van der Waals surface area contributed by atoms with Crippen molar-refractivity contribution in [2.45, 2.75) is 56.8 Å². The lowest BCUT2D eigenvalue weighted by Crippen LogP contribution is -2.63. The van der Waals surface area contributed by atoms with Crippen molar-refractivity contribution in [3.63, 3.8) is 0 Å². The summed E-state index contributed by atoms with van der Waals surface area (Å²) in [5.74, 6) is 0.248. The molecule has 1 aliphatic carbocycles. The third-order valence-electron chi connectivity index (χ3n) is 8.37. The van der Waals surface area contributed by atoms with Crippen molar-refractivity contribution in [1.82, 2.24) is 30.3 Å². The number of amides is 3. The van der Waals surface area contributed by atoms with Crippen LogP contribution >= 0.6 is 0 Å². The number of alkyl halides is 3. The Bertz CT molecular complexity index is 1170. The summed E-state index contributed by atoms with van der Waals surface area (Å²) in [5, 5.41) is 8.72. The maximum atomic E-state index is 13.2. The van der Waals surface area contributed by atoms with Crippen LogP contribution in [0.25, 0.3) is 11.0 Å². The summed E-state index contributed by atoms with van der Waals surface area (Å²) in [6.45, 7) is 2.60. The number of carbonyl (C=O) groups excluding carboxylic acids is 2. The fraction of sp³-hybridized carbons (Fsp3) is 0.667. The first kappa shape index (κ1) is 23.5. The first-order valence-electron chi connectivity index (χ1n) is 12.6. The lowest BCUT2D eigenvalue weighted by molar-refractivity contribution is -0.140. The molecule has 3 saturated heterocycles. The van der Waals surface area contributed by atoms with Crippen molar-refractivity contribution in [3.8, 4) is 0 Å². The van der Waals surface area contributed by atoms with Crippen LogP contribution in [0.3, 0.4) is 0 Å². The number of halogens is 3. The minimum Gasteiger partial charge on any atom is -0.366 e. The van der Waals surface area contributed by atoms with Gasteiger partial charge in [0.2, 0.25) is 5.91 Å². The van der Waals surface area contributed by atoms with Crippen LogP contribution in [-0.2, 0) is 22.1 Å². The van der Waals surface area contributed by atoms with Gasteiger partial charge in [-0.1, -0.05) is 0 Å². The second-order valence-electron chi connectivity index (χ2n) is 10.8. The third kappa shape index (κ3) is 4.29. The molecule has 3 aliphatic heterocycles. The van der Waals surface area contributed by atoms with Crippen LogP contribution in [0.1, 0.15) is 43.5 Å². The number of pyridine rings is 1. The molecule has 5 heterocycles. The molecule has 4 fully saturated rings. The number of morpholine rings is 1. The average Bonchev–Trinajstić information content (AvgIpc) is 3.26. The summed E-state index contributed by atoms with van der Waals surface area (Å²) >= 11 is 0. The summed E-state index contributed by atoms with van der Waals surface area (Å²) in [6, 6.07) is 3.24. The fourth-order valence-electron chi connectivity index (χ4n) is 6.51. The van der Waals surface area contributed by atoms with Crippen LogP contribution in [-0.4, -0.2) is 81.9 Å². The molecule has 3 amide bonds. The molecule has 6 rings (SSSR count). The Labute approximate surface area is 205 Å². The number of aromatic nitrogens is 3. The number of rotatable bonds is 2. The Hall–Kier alpha value is -2.89. The van der Waals surface area contributed by atoms with Gasteiger partial charge in [0.15, 0.2) is 5.69 Å². The topological polar surface area (TPSA) is 103 Å². The van der Waals surface area contributed by atoms with Crippen LogP contribution in [0.4, 0.5) is 18.0 Å². The van der Waals surface area contributed by atoms with Gasteiger partial charge in [-0.25, -0.2) is 9.78 Å². The summed E-state index contributed by atoms with van der Waals surface area (Å²) in [6.07, 6.45) is 0.702. The molecule has 0 radical (unpaired) electrons. The van der Waals surface area contributed by atoms with Crippen molar-refractivity contribution in [2.75, 3.05) is 32.8 Å². The number of H-pyrrole nitrogens is 1. The van der Waals surface area contributed by atoms with Gasteiger partial charge >= 0.3 is 12.2 Å². The van der Waals surface area contributed by atoms with Crippen LogP contribution in [0.5, 0.6) is 0 Å². The molecule has 1 saturated carbocycles. The monoisotopic (exact) mass is 506 g/mol. The number of likely N-dealkylation sites (tertiary alicyclic amines) is 2. The van der Waals surface area contributed by atoms with E-state index in [1.807, 2.05) is 9.80 Å². The maximum Gasteiger partial charge on any atom is 0.434 e. The number of nitrogens with zero attached hydrogens (tertiary/aromatic N) is 4. The maximum absolute atomic E-state index is 13.2. The quantitative estimate of drug-likeness (QED) is 0.652. The van der Waals surface area contributed by atoms with Gasteiger partial charge in [-0.2, -0.15) is 18.3 Å². The second-order valence-corrected chi connectivity index (χ2v) is 10.8. The molecule has 194 valence electrons. The Morgan fingerprint density at radius 3 is 2.69 bits per heavy atom. The Kier molecular flexibility index (Phi) is 5.62. The molecular weight excluding hydrogens is 477 g/mol. The molecule has 9 nitrogen and oxygen atoms in total. The van der Waals surface area contributed by atoms with E-state index < -0.39 is 11.9 Å². The number of piperidine rings is 2. The molecule has 0 unspecified atom stereocenters. The number of carbonyl (C=O) groups is 2. The first-order valence-corrected chi connectivity index (χ1v) is 12.6. The van der Waals surface area contributed by atoms with E-state index in [1.165, 1.54) is 0 Å². The van der Waals surface area contributed by atoms with E-state index in [0.717, 1.165) is 32.1 Å². The van der Waals surface area contributed by atoms with Gasteiger partial charge in [0.05, 0.1) is 12.1 Å². The number of hydrogen-bond acceptors (Lipinski definition) is 5. The molecule has 2 atom stereocenters. The highest BCUT2D eigenvalue weighted by Crippen LogP contribution is 2.53. The highest BCUT2D eigenvalue weighted by molar-refractivity contribution is 5.79. The van der Waals surface area contributed by atoms with E-state index in [4.69, 9.17) is 4.74 Å². The molecule has 1 spiro atoms. The molecule has 12 heteroatoms. The number of hydrogen-bond donors (Lipinski definition) is 2. The minimum absolute atomic E-state index is 0.0213. The number of ether oxygens (including phenoxy) is 1. The van der Waals surface area contributed by atoms with Crippen molar-refractivity contribution in [3.05, 3.63) is 23.5 Å². The van der Waals surface area contributed by atoms with Gasteiger partial charge in [-0.3, -0.25) is 9.89 Å². The first-order chi connectivity index (χ1) is 17.2. The van der Waals surface area contributed by atoms with Crippen LogP contribution in [0, 0.1) is 11.3 Å². The van der Waals surface area contributed by atoms with E-state index in [-0.39, 0.29) is 47.1 Å². The molecule has 2 aromatic heterocycles. The van der Waals surface area contributed by atoms with Gasteiger partial charge in [0, 0.05) is 31.9 Å². The summed E-state index contributed by atoms with van der Waals surface area (Å²) < 4.78 is 45.2. The van der Waals surface area contributed by atoms with Gasteiger partial charge in [-0.15, -0.1) is 0 Å². The SMILES string of the molecule is O=C1CO[C@H]2CCN(C(=O)N3CCC4(CC3)CC(Cc3ccc5n[nH]c(C(F)(F)F)c5n3)C4)C[C@H]2N1. The largest absolute Gasteiger partial charge is 0.434 e. The van der Waals surface area contributed by atoms with Crippen molar-refractivity contribution in [2.24, 2.45) is 11.3 Å². The van der Waals surface area contributed by atoms with E-state index in [1.54, 1.807) is 12.1 Å². The van der Waals surface area contributed by atoms with Crippen molar-refractivity contribution in [1.29, 1.82) is 0 Å². The highest BCUT2D eigenvalue weighted by Gasteiger charge is 2.47. The summed E-state index contributed by atoms with van der Waals surface area (Å²) in [4.78, 5) is 32.8. The average molecular weight is 507 g/mol. The molecule has 36 heavy (non-hydrogen) atoms. The number of fused-ring (bicyclic) bond motifs is 2. The Morgan fingerprint density at radius 1 is 1.17 bits per heavy atom. The molecule has 0 bridgehead atoms. The highest BCUT2D eigenvalue weighted by atomic mass is 19.4. The van der Waals surface area contributed by atoms with Gasteiger partial charge in [0.1, 0.15) is 17.6 Å². The van der Waals surface area contributed by atoms with E-state index in [2.05, 4.69) is 20.5 Å². The smallest absolute Gasteiger partial charge is 0.366 e. The fourth-order valence-corrected chi connectivity index (χ4v) is 6.51. The third-order valence-corrected chi connectivity index (χ3v) is 8.37. The molecule has 4 aliphatic rings. The lowest BCUT2D eigenvalue weighted by atomic mass is 9.56. The van der Waals surface area contributed by atoms with E-state index in [9.17, 15) is 22.8 Å². The predicted molar refractivity (Wildman–Crippen MR) is 122 cm³/mol. The molecule has 2 aromatic rings. The van der Waals surface area contributed by atoms with Crippen LogP contribution in [0.15, 0.2) is 12.1 Å². The zero-order valence-electron chi connectivity index (χ0n) is 19.8. The summed E-state index contributed by atoms with van der Waals surface area (Å²) in [5.41, 5.74) is 0.0597. The van der Waals surface area contributed by atoms with E-state index >= 15 is 0 Å². The van der Waals surface area contributed by atoms with Crippen LogP contribution < -0.4 is 5.32 Å². The van der Waals surface area contributed by atoms with Gasteiger partial charge in [0.25, 0.3) is 0 Å². The predicted octanol–water partition coefficient (Wildman–Crippen LogP) is 2.72. The van der Waals surface area contributed by atoms with Gasteiger partial charge < -0.3 is 19.9 Å². The van der Waals surface area contributed by atoms with E-state index in [0.29, 0.717) is 44.2 Å². The van der Waals surface area contributed by atoms with Gasteiger partial charge in [-0.05, 0) is 62.0 Å². The zero-order chi connectivity index (χ0) is 25.1. The second kappa shape index (κ2) is 8.60. The Morgan fingerprint density at radius 2 is 1.94 bits per heavy atom.